The summed E-state index contributed by atoms with van der Waals surface area (Å²) < 4.78 is 1.06. The predicted molar refractivity (Wildman–Crippen MR) is 76.4 cm³/mol. The normalized spacial score (nSPS) is 11.3. The Morgan fingerprint density at radius 1 is 1.06 bits per heavy atom. The van der Waals surface area contributed by atoms with Crippen molar-refractivity contribution in [3.8, 4) is 0 Å². The number of nitrogens with zero attached hydrogens (tertiary/aromatic N) is 1. The second-order valence-electron chi connectivity index (χ2n) is 3.69. The summed E-state index contributed by atoms with van der Waals surface area (Å²) >= 11 is 3.45. The number of rotatable bonds is 3. The van der Waals surface area contributed by atoms with Crippen molar-refractivity contribution in [3.63, 3.8) is 0 Å². The van der Waals surface area contributed by atoms with Crippen molar-refractivity contribution >= 4 is 27.3 Å². The molecular formula is C14H13BrN2. The minimum Gasteiger partial charge on any atom is -0.278 e. The lowest BCUT2D eigenvalue weighted by atomic mass is 10.1. The zero-order valence-corrected chi connectivity index (χ0v) is 11.1. The first kappa shape index (κ1) is 11.9. The Bertz CT molecular complexity index is 521. The third-order valence-corrected chi connectivity index (χ3v) is 2.86. The molecule has 0 aliphatic heterocycles. The standard InChI is InChI=1S/C14H13BrN2/c1-11(12-6-5-7-13(15)10-12)16-17-14-8-3-2-4-9-14/h2-10,17H,1H3. The van der Waals surface area contributed by atoms with Gasteiger partial charge in [0.15, 0.2) is 0 Å². The minimum absolute atomic E-state index is 0.954. The molecule has 0 radical (unpaired) electrons. The van der Waals surface area contributed by atoms with Crippen LogP contribution in [0, 0.1) is 0 Å². The summed E-state index contributed by atoms with van der Waals surface area (Å²) in [5.74, 6) is 0. The summed E-state index contributed by atoms with van der Waals surface area (Å²) in [6.45, 7) is 1.98. The summed E-state index contributed by atoms with van der Waals surface area (Å²) in [7, 11) is 0. The van der Waals surface area contributed by atoms with E-state index in [1.54, 1.807) is 0 Å². The van der Waals surface area contributed by atoms with Gasteiger partial charge in [0.2, 0.25) is 0 Å². The molecule has 0 saturated heterocycles. The van der Waals surface area contributed by atoms with Crippen LogP contribution in [0.5, 0.6) is 0 Å². The molecule has 2 aromatic carbocycles. The van der Waals surface area contributed by atoms with Gasteiger partial charge >= 0.3 is 0 Å². The maximum atomic E-state index is 4.35. The molecule has 3 heteroatoms. The van der Waals surface area contributed by atoms with E-state index >= 15 is 0 Å². The lowest BCUT2D eigenvalue weighted by Gasteiger charge is -2.03. The van der Waals surface area contributed by atoms with Gasteiger partial charge in [0, 0.05) is 4.47 Å². The fraction of sp³-hybridized carbons (Fsp3) is 0.0714. The van der Waals surface area contributed by atoms with E-state index in [9.17, 15) is 0 Å². The second kappa shape index (κ2) is 5.64. The van der Waals surface area contributed by atoms with Gasteiger partial charge < -0.3 is 0 Å². The number of hydrogen-bond acceptors (Lipinski definition) is 2. The summed E-state index contributed by atoms with van der Waals surface area (Å²) in [5.41, 5.74) is 6.08. The monoisotopic (exact) mass is 288 g/mol. The van der Waals surface area contributed by atoms with Crippen molar-refractivity contribution in [2.75, 3.05) is 5.43 Å². The van der Waals surface area contributed by atoms with Crippen LogP contribution in [0.2, 0.25) is 0 Å². The van der Waals surface area contributed by atoms with Crippen LogP contribution in [0.25, 0.3) is 0 Å². The largest absolute Gasteiger partial charge is 0.278 e. The first-order chi connectivity index (χ1) is 8.25. The number of benzene rings is 2. The first-order valence-electron chi connectivity index (χ1n) is 5.37. The molecule has 2 rings (SSSR count). The Labute approximate surface area is 110 Å². The van der Waals surface area contributed by atoms with Crippen LogP contribution in [0.1, 0.15) is 12.5 Å². The molecule has 0 aliphatic rings. The molecule has 2 nitrogen and oxygen atoms in total. The summed E-state index contributed by atoms with van der Waals surface area (Å²) in [6, 6.07) is 18.0. The van der Waals surface area contributed by atoms with Crippen LogP contribution in [-0.4, -0.2) is 5.71 Å². The van der Waals surface area contributed by atoms with Crippen molar-refractivity contribution in [2.45, 2.75) is 6.92 Å². The Morgan fingerprint density at radius 2 is 1.82 bits per heavy atom. The number of hydrazone groups is 1. The first-order valence-corrected chi connectivity index (χ1v) is 6.16. The molecule has 0 atom stereocenters. The van der Waals surface area contributed by atoms with Crippen molar-refractivity contribution in [1.29, 1.82) is 0 Å². The molecule has 1 N–H and O–H groups in total. The minimum atomic E-state index is 0.954. The number of hydrogen-bond donors (Lipinski definition) is 1. The van der Waals surface area contributed by atoms with Crippen LogP contribution in [0.3, 0.4) is 0 Å². The van der Waals surface area contributed by atoms with E-state index in [4.69, 9.17) is 0 Å². The number of anilines is 1. The zero-order chi connectivity index (χ0) is 12.1. The molecule has 0 unspecified atom stereocenters. The lowest BCUT2D eigenvalue weighted by Crippen LogP contribution is -1.99. The Kier molecular flexibility index (Phi) is 3.94. The lowest BCUT2D eigenvalue weighted by molar-refractivity contribution is 1.32. The summed E-state index contributed by atoms with van der Waals surface area (Å²) in [5, 5.41) is 4.35. The molecule has 0 spiro atoms. The molecule has 0 bridgehead atoms. The quantitative estimate of drug-likeness (QED) is 0.661. The smallest absolute Gasteiger partial charge is 0.0648 e. The second-order valence-corrected chi connectivity index (χ2v) is 4.60. The third kappa shape index (κ3) is 3.43. The van der Waals surface area contributed by atoms with E-state index in [2.05, 4.69) is 26.5 Å². The highest BCUT2D eigenvalue weighted by atomic mass is 79.9. The zero-order valence-electron chi connectivity index (χ0n) is 9.52. The van der Waals surface area contributed by atoms with Gasteiger partial charge in [-0.1, -0.05) is 46.3 Å². The van der Waals surface area contributed by atoms with Gasteiger partial charge in [-0.15, -0.1) is 0 Å². The van der Waals surface area contributed by atoms with Crippen molar-refractivity contribution in [1.82, 2.24) is 0 Å². The van der Waals surface area contributed by atoms with Crippen LogP contribution < -0.4 is 5.43 Å². The van der Waals surface area contributed by atoms with Gasteiger partial charge in [-0.25, -0.2) is 0 Å². The molecule has 0 aromatic heterocycles. The molecular weight excluding hydrogens is 276 g/mol. The van der Waals surface area contributed by atoms with Crippen molar-refractivity contribution in [3.05, 3.63) is 64.6 Å². The molecule has 86 valence electrons. The average molecular weight is 289 g/mol. The van der Waals surface area contributed by atoms with Crippen LogP contribution in [0.4, 0.5) is 5.69 Å². The fourth-order valence-electron chi connectivity index (χ4n) is 1.44. The van der Waals surface area contributed by atoms with Gasteiger partial charge in [-0.3, -0.25) is 5.43 Å². The molecule has 0 aliphatic carbocycles. The highest BCUT2D eigenvalue weighted by Gasteiger charge is 1.97. The summed E-state index contributed by atoms with van der Waals surface area (Å²) in [4.78, 5) is 0. The van der Waals surface area contributed by atoms with E-state index in [1.807, 2.05) is 61.5 Å². The Morgan fingerprint density at radius 3 is 2.53 bits per heavy atom. The highest BCUT2D eigenvalue weighted by Crippen LogP contribution is 2.13. The van der Waals surface area contributed by atoms with Gasteiger partial charge in [0.25, 0.3) is 0 Å². The van der Waals surface area contributed by atoms with Crippen molar-refractivity contribution < 1.29 is 0 Å². The topological polar surface area (TPSA) is 24.4 Å². The Balaban J connectivity index is 2.12. The molecule has 0 saturated carbocycles. The summed E-state index contributed by atoms with van der Waals surface area (Å²) in [6.07, 6.45) is 0. The average Bonchev–Trinajstić information content (AvgIpc) is 2.37. The highest BCUT2D eigenvalue weighted by molar-refractivity contribution is 9.10. The molecule has 0 heterocycles. The number of nitrogens with one attached hydrogen (secondary N) is 1. The number of para-hydroxylation sites is 1. The molecule has 17 heavy (non-hydrogen) atoms. The molecule has 0 amide bonds. The van der Waals surface area contributed by atoms with E-state index in [1.165, 1.54) is 0 Å². The maximum Gasteiger partial charge on any atom is 0.0648 e. The SMILES string of the molecule is CC(=NNc1ccccc1)c1cccc(Br)c1. The fourth-order valence-corrected chi connectivity index (χ4v) is 1.84. The van der Waals surface area contributed by atoms with Gasteiger partial charge in [-0.05, 0) is 36.8 Å². The van der Waals surface area contributed by atoms with Crippen LogP contribution >= 0.6 is 15.9 Å². The van der Waals surface area contributed by atoms with Gasteiger partial charge in [0.05, 0.1) is 11.4 Å². The van der Waals surface area contributed by atoms with Crippen molar-refractivity contribution in [2.24, 2.45) is 5.10 Å². The van der Waals surface area contributed by atoms with E-state index in [0.29, 0.717) is 0 Å². The van der Waals surface area contributed by atoms with E-state index < -0.39 is 0 Å². The molecule has 2 aromatic rings. The van der Waals surface area contributed by atoms with Crippen LogP contribution in [0.15, 0.2) is 64.2 Å². The van der Waals surface area contributed by atoms with Gasteiger partial charge in [-0.2, -0.15) is 5.10 Å². The Hall–Kier alpha value is -1.61. The maximum absolute atomic E-state index is 4.35. The van der Waals surface area contributed by atoms with Gasteiger partial charge in [0.1, 0.15) is 0 Å². The van der Waals surface area contributed by atoms with E-state index in [0.717, 1.165) is 21.4 Å². The van der Waals surface area contributed by atoms with Crippen LogP contribution in [-0.2, 0) is 0 Å². The molecule has 0 fully saturated rings. The third-order valence-electron chi connectivity index (χ3n) is 2.37. The number of halogens is 1. The van der Waals surface area contributed by atoms with E-state index in [-0.39, 0.29) is 0 Å². The predicted octanol–water partition coefficient (Wildman–Crippen LogP) is 4.29.